The summed E-state index contributed by atoms with van der Waals surface area (Å²) in [5, 5.41) is 0. The molecule has 0 atom stereocenters. The van der Waals surface area contributed by atoms with E-state index in [-0.39, 0.29) is 5.75 Å². The normalized spacial score (nSPS) is 10.6. The van der Waals surface area contributed by atoms with Crippen molar-refractivity contribution in [3.63, 3.8) is 0 Å². The average Bonchev–Trinajstić information content (AvgIpc) is 2.55. The van der Waals surface area contributed by atoms with Gasteiger partial charge in [0.2, 0.25) is 0 Å². The fourth-order valence-corrected chi connectivity index (χ4v) is 2.26. The molecule has 0 amide bonds. The van der Waals surface area contributed by atoms with Gasteiger partial charge in [-0.25, -0.2) is 9.18 Å². The van der Waals surface area contributed by atoms with Crippen LogP contribution in [-0.2, 0) is 4.79 Å². The summed E-state index contributed by atoms with van der Waals surface area (Å²) in [7, 11) is 3.09. The maximum absolute atomic E-state index is 13.0. The first-order valence-corrected chi connectivity index (χ1v) is 7.39. The van der Waals surface area contributed by atoms with Gasteiger partial charge < -0.3 is 14.2 Å². The second kappa shape index (κ2) is 7.78. The van der Waals surface area contributed by atoms with Gasteiger partial charge in [0.15, 0.2) is 0 Å². The van der Waals surface area contributed by atoms with Crippen molar-refractivity contribution in [1.29, 1.82) is 0 Å². The number of rotatable bonds is 5. The lowest BCUT2D eigenvalue weighted by Crippen LogP contribution is -2.04. The van der Waals surface area contributed by atoms with Crippen LogP contribution < -0.4 is 14.2 Å². The molecule has 23 heavy (non-hydrogen) atoms. The lowest BCUT2D eigenvalue weighted by molar-refractivity contribution is -0.128. The zero-order valence-corrected chi connectivity index (χ0v) is 14.1. The van der Waals surface area contributed by atoms with Crippen molar-refractivity contribution in [2.24, 2.45) is 0 Å². The fraction of sp³-hybridized carbons (Fsp3) is 0.118. The smallest absolute Gasteiger partial charge is 0.336 e. The number of esters is 1. The van der Waals surface area contributed by atoms with Crippen molar-refractivity contribution in [2.45, 2.75) is 0 Å². The Morgan fingerprint density at radius 2 is 1.83 bits per heavy atom. The Balaban J connectivity index is 2.14. The Bertz CT molecular complexity index is 743. The maximum Gasteiger partial charge on any atom is 0.336 e. The van der Waals surface area contributed by atoms with Gasteiger partial charge in [0.25, 0.3) is 0 Å². The predicted molar refractivity (Wildman–Crippen MR) is 88.3 cm³/mol. The first-order valence-electron chi connectivity index (χ1n) is 6.60. The highest BCUT2D eigenvalue weighted by atomic mass is 79.9. The highest BCUT2D eigenvalue weighted by molar-refractivity contribution is 9.10. The third kappa shape index (κ3) is 4.56. The van der Waals surface area contributed by atoms with Crippen molar-refractivity contribution in [1.82, 2.24) is 0 Å². The number of methoxy groups -OCH3 is 2. The quantitative estimate of drug-likeness (QED) is 0.442. The van der Waals surface area contributed by atoms with Crippen LogP contribution in [0.15, 0.2) is 46.9 Å². The van der Waals surface area contributed by atoms with E-state index >= 15 is 0 Å². The lowest BCUT2D eigenvalue weighted by Gasteiger charge is -2.07. The number of hydrogen-bond donors (Lipinski definition) is 0. The van der Waals surface area contributed by atoms with E-state index in [0.717, 1.165) is 0 Å². The SMILES string of the molecule is COc1ccc(OC)c(C=CC(=O)Oc2ccc(F)cc2Br)c1. The molecule has 0 aliphatic carbocycles. The second-order valence-electron chi connectivity index (χ2n) is 4.44. The molecule has 0 spiro atoms. The predicted octanol–water partition coefficient (Wildman–Crippen LogP) is 4.22. The van der Waals surface area contributed by atoms with E-state index in [1.807, 2.05) is 0 Å². The van der Waals surface area contributed by atoms with Gasteiger partial charge in [-0.1, -0.05) is 0 Å². The molecule has 0 aliphatic heterocycles. The summed E-state index contributed by atoms with van der Waals surface area (Å²) in [6.07, 6.45) is 2.81. The molecule has 0 aliphatic rings. The van der Waals surface area contributed by atoms with E-state index in [1.54, 1.807) is 31.4 Å². The lowest BCUT2D eigenvalue weighted by atomic mass is 10.1. The van der Waals surface area contributed by atoms with E-state index in [2.05, 4.69) is 15.9 Å². The third-order valence-corrected chi connectivity index (χ3v) is 3.56. The Hall–Kier alpha value is -2.34. The number of halogens is 2. The number of carbonyl (C=O) groups excluding carboxylic acids is 1. The molecule has 0 aromatic heterocycles. The Morgan fingerprint density at radius 1 is 1.09 bits per heavy atom. The molecule has 120 valence electrons. The van der Waals surface area contributed by atoms with E-state index in [0.29, 0.717) is 21.5 Å². The van der Waals surface area contributed by atoms with E-state index in [9.17, 15) is 9.18 Å². The van der Waals surface area contributed by atoms with Crippen LogP contribution in [0.3, 0.4) is 0 Å². The minimum atomic E-state index is -0.595. The topological polar surface area (TPSA) is 44.8 Å². The zero-order valence-electron chi connectivity index (χ0n) is 12.5. The zero-order chi connectivity index (χ0) is 16.8. The minimum Gasteiger partial charge on any atom is -0.497 e. The maximum atomic E-state index is 13.0. The van der Waals surface area contributed by atoms with Gasteiger partial charge in [-0.3, -0.25) is 0 Å². The second-order valence-corrected chi connectivity index (χ2v) is 5.29. The van der Waals surface area contributed by atoms with Gasteiger partial charge in [-0.15, -0.1) is 0 Å². The molecular formula is C17H14BrFO4. The Labute approximate surface area is 141 Å². The van der Waals surface area contributed by atoms with Crippen molar-refractivity contribution in [2.75, 3.05) is 14.2 Å². The van der Waals surface area contributed by atoms with Gasteiger partial charge >= 0.3 is 5.97 Å². The molecule has 6 heteroatoms. The van der Waals surface area contributed by atoms with Gasteiger partial charge in [0.1, 0.15) is 23.1 Å². The van der Waals surface area contributed by atoms with Crippen molar-refractivity contribution in [3.05, 3.63) is 58.3 Å². The van der Waals surface area contributed by atoms with Crippen LogP contribution in [-0.4, -0.2) is 20.2 Å². The fourth-order valence-electron chi connectivity index (χ4n) is 1.83. The average molecular weight is 381 g/mol. The van der Waals surface area contributed by atoms with Crippen LogP contribution in [0.5, 0.6) is 17.2 Å². The van der Waals surface area contributed by atoms with E-state index < -0.39 is 11.8 Å². The summed E-state index contributed by atoms with van der Waals surface area (Å²) in [4.78, 5) is 11.9. The molecule has 0 N–H and O–H groups in total. The van der Waals surface area contributed by atoms with E-state index in [4.69, 9.17) is 14.2 Å². The summed E-state index contributed by atoms with van der Waals surface area (Å²) in [5.74, 6) is 0.451. The highest BCUT2D eigenvalue weighted by Gasteiger charge is 2.07. The van der Waals surface area contributed by atoms with Crippen molar-refractivity contribution in [3.8, 4) is 17.2 Å². The Kier molecular flexibility index (Phi) is 5.76. The van der Waals surface area contributed by atoms with Gasteiger partial charge in [0, 0.05) is 11.6 Å². The molecule has 2 rings (SSSR count). The molecular weight excluding hydrogens is 367 g/mol. The summed E-state index contributed by atoms with van der Waals surface area (Å²) >= 11 is 3.14. The molecule has 2 aromatic carbocycles. The van der Waals surface area contributed by atoms with Crippen LogP contribution >= 0.6 is 15.9 Å². The molecule has 0 fully saturated rings. The number of hydrogen-bond acceptors (Lipinski definition) is 4. The number of benzene rings is 2. The molecule has 2 aromatic rings. The molecule has 0 unspecified atom stereocenters. The number of carbonyl (C=O) groups is 1. The number of ether oxygens (including phenoxy) is 3. The Morgan fingerprint density at radius 3 is 2.48 bits per heavy atom. The first-order chi connectivity index (χ1) is 11.0. The molecule has 0 saturated heterocycles. The molecule has 0 saturated carbocycles. The van der Waals surface area contributed by atoms with Gasteiger partial charge in [-0.2, -0.15) is 0 Å². The van der Waals surface area contributed by atoms with Gasteiger partial charge in [-0.05, 0) is 58.4 Å². The van der Waals surface area contributed by atoms with Crippen molar-refractivity contribution >= 4 is 28.0 Å². The first kappa shape index (κ1) is 17.0. The summed E-state index contributed by atoms with van der Waals surface area (Å²) < 4.78 is 28.9. The largest absolute Gasteiger partial charge is 0.497 e. The van der Waals surface area contributed by atoms with Crippen LogP contribution in [0.4, 0.5) is 4.39 Å². The van der Waals surface area contributed by atoms with Crippen LogP contribution in [0.1, 0.15) is 5.56 Å². The molecule has 4 nitrogen and oxygen atoms in total. The minimum absolute atomic E-state index is 0.235. The molecule has 0 heterocycles. The third-order valence-electron chi connectivity index (χ3n) is 2.94. The van der Waals surface area contributed by atoms with Gasteiger partial charge in [0.05, 0.1) is 18.7 Å². The van der Waals surface area contributed by atoms with Crippen LogP contribution in [0.25, 0.3) is 6.08 Å². The molecule has 0 bridgehead atoms. The summed E-state index contributed by atoms with van der Waals surface area (Å²) in [5.41, 5.74) is 0.668. The monoisotopic (exact) mass is 380 g/mol. The molecule has 0 radical (unpaired) electrons. The summed E-state index contributed by atoms with van der Waals surface area (Å²) in [6, 6.07) is 9.03. The van der Waals surface area contributed by atoms with Crippen molar-refractivity contribution < 1.29 is 23.4 Å². The summed E-state index contributed by atoms with van der Waals surface area (Å²) in [6.45, 7) is 0. The standard InChI is InChI=1S/C17H14BrFO4/c1-21-13-5-7-15(22-2)11(9-13)3-8-17(20)23-16-6-4-12(19)10-14(16)18/h3-10H,1-2H3. The van der Waals surface area contributed by atoms with Crippen LogP contribution in [0, 0.1) is 5.82 Å². The van der Waals surface area contributed by atoms with Crippen LogP contribution in [0.2, 0.25) is 0 Å². The van der Waals surface area contributed by atoms with E-state index in [1.165, 1.54) is 31.4 Å². The highest BCUT2D eigenvalue weighted by Crippen LogP contribution is 2.27.